The largest absolute Gasteiger partial charge is 0.381 e. The standard InChI is InChI=1S/C21H26N2O2.CHIS/c1-23-11-3-4-16-13-17-12-15(7-10-19(17)22-21(16)23)20(24)14-5-8-18(25-2)9-6-14;2-1-3/h7,10,12-14,18H,3-6,8-9,11H2,1-2H3;1H. The molecule has 0 atom stereocenters. The van der Waals surface area contributed by atoms with E-state index in [1.54, 1.807) is 10.5 Å². The summed E-state index contributed by atoms with van der Waals surface area (Å²) in [4.78, 5) is 20.0. The summed E-state index contributed by atoms with van der Waals surface area (Å²) in [7, 11) is 3.87. The number of thiocarbonyl (C=S) groups is 1. The van der Waals surface area contributed by atoms with Crippen LogP contribution in [-0.2, 0) is 11.2 Å². The van der Waals surface area contributed by atoms with E-state index in [-0.39, 0.29) is 11.7 Å². The molecule has 1 aromatic carbocycles. The van der Waals surface area contributed by atoms with E-state index in [9.17, 15) is 4.79 Å². The lowest BCUT2D eigenvalue weighted by molar-refractivity contribution is 0.0519. The number of ketones is 1. The quantitative estimate of drug-likeness (QED) is 0.240. The van der Waals surface area contributed by atoms with Crippen LogP contribution in [0.2, 0.25) is 0 Å². The maximum atomic E-state index is 12.9. The highest BCUT2D eigenvalue weighted by Crippen LogP contribution is 2.31. The summed E-state index contributed by atoms with van der Waals surface area (Å²) < 4.78 is 6.97. The lowest BCUT2D eigenvalue weighted by Crippen LogP contribution is -2.26. The third kappa shape index (κ3) is 4.89. The van der Waals surface area contributed by atoms with Gasteiger partial charge in [-0.1, -0.05) is 12.2 Å². The highest BCUT2D eigenvalue weighted by atomic mass is 127. The molecule has 2 aromatic rings. The minimum absolute atomic E-state index is 0.139. The third-order valence-corrected chi connectivity index (χ3v) is 5.83. The minimum Gasteiger partial charge on any atom is -0.381 e. The number of pyridine rings is 1. The molecule has 1 fully saturated rings. The Kier molecular flexibility index (Phi) is 7.77. The summed E-state index contributed by atoms with van der Waals surface area (Å²) in [6, 6.07) is 8.23. The number of benzene rings is 1. The van der Waals surface area contributed by atoms with Crippen LogP contribution < -0.4 is 4.90 Å². The van der Waals surface area contributed by atoms with Crippen LogP contribution in [0, 0.1) is 5.92 Å². The summed E-state index contributed by atoms with van der Waals surface area (Å²) >= 11 is 6.23. The number of anilines is 1. The molecule has 4 rings (SSSR count). The fraction of sp³-hybridized carbons (Fsp3) is 0.500. The van der Waals surface area contributed by atoms with Gasteiger partial charge < -0.3 is 9.64 Å². The Morgan fingerprint density at radius 1 is 1.29 bits per heavy atom. The van der Waals surface area contributed by atoms with Crippen molar-refractivity contribution < 1.29 is 9.53 Å². The molecule has 0 spiro atoms. The SMILES string of the molecule is COC1CCC(C(=O)c2ccc3nc4c(cc3c2)CCCN4C)CC1.S=CI. The van der Waals surface area contributed by atoms with Gasteiger partial charge in [0.05, 0.1) is 11.6 Å². The van der Waals surface area contributed by atoms with Gasteiger partial charge in [0, 0.05) is 40.9 Å². The molecule has 0 bridgehead atoms. The molecule has 2 heterocycles. The van der Waals surface area contributed by atoms with Crippen molar-refractivity contribution in [2.75, 3.05) is 25.6 Å². The molecule has 0 radical (unpaired) electrons. The first-order chi connectivity index (χ1) is 13.6. The van der Waals surface area contributed by atoms with E-state index >= 15 is 0 Å². The van der Waals surface area contributed by atoms with Crippen molar-refractivity contribution in [2.24, 2.45) is 5.92 Å². The molecule has 28 heavy (non-hydrogen) atoms. The molecule has 1 aliphatic carbocycles. The van der Waals surface area contributed by atoms with Gasteiger partial charge >= 0.3 is 0 Å². The molecule has 1 aromatic heterocycles. The predicted octanol–water partition coefficient (Wildman–Crippen LogP) is 5.38. The predicted molar refractivity (Wildman–Crippen MR) is 128 cm³/mol. The van der Waals surface area contributed by atoms with Gasteiger partial charge in [-0.2, -0.15) is 0 Å². The number of Topliss-reactive ketones (excluding diaryl/α,β-unsaturated/α-hetero) is 1. The highest BCUT2D eigenvalue weighted by Gasteiger charge is 2.27. The molecule has 150 valence electrons. The van der Waals surface area contributed by atoms with E-state index in [1.165, 1.54) is 5.56 Å². The zero-order valence-corrected chi connectivity index (χ0v) is 19.5. The van der Waals surface area contributed by atoms with E-state index in [2.05, 4.69) is 30.2 Å². The van der Waals surface area contributed by atoms with Crippen LogP contribution in [0.3, 0.4) is 0 Å². The van der Waals surface area contributed by atoms with Crippen molar-refractivity contribution in [2.45, 2.75) is 44.6 Å². The first kappa shape index (κ1) is 21.6. The molecular formula is C22H27IN2O2S. The Morgan fingerprint density at radius 2 is 2.00 bits per heavy atom. The second-order valence-corrected chi connectivity index (χ2v) is 9.27. The summed E-state index contributed by atoms with van der Waals surface area (Å²) in [6.07, 6.45) is 6.41. The number of aryl methyl sites for hydroxylation is 1. The van der Waals surface area contributed by atoms with Crippen molar-refractivity contribution >= 4 is 60.7 Å². The van der Waals surface area contributed by atoms with E-state index in [0.717, 1.165) is 67.4 Å². The van der Waals surface area contributed by atoms with Crippen molar-refractivity contribution in [1.29, 1.82) is 0 Å². The average Bonchev–Trinajstić information content (AvgIpc) is 2.72. The monoisotopic (exact) mass is 510 g/mol. The molecule has 0 unspecified atom stereocenters. The Balaban J connectivity index is 0.000000706. The maximum Gasteiger partial charge on any atom is 0.165 e. The molecule has 1 aliphatic heterocycles. The van der Waals surface area contributed by atoms with Gasteiger partial charge in [-0.05, 0) is 90.9 Å². The van der Waals surface area contributed by atoms with Gasteiger partial charge in [0.25, 0.3) is 0 Å². The summed E-state index contributed by atoms with van der Waals surface area (Å²) in [6.45, 7) is 1.06. The number of methoxy groups -OCH3 is 1. The zero-order chi connectivity index (χ0) is 20.1. The van der Waals surface area contributed by atoms with Crippen molar-refractivity contribution in [3.05, 3.63) is 35.4 Å². The molecule has 0 amide bonds. The highest BCUT2D eigenvalue weighted by molar-refractivity contribution is 14.1. The van der Waals surface area contributed by atoms with Crippen molar-refractivity contribution in [3.8, 4) is 0 Å². The van der Waals surface area contributed by atoms with E-state index in [0.29, 0.717) is 6.10 Å². The van der Waals surface area contributed by atoms with Gasteiger partial charge in [-0.25, -0.2) is 4.98 Å². The van der Waals surface area contributed by atoms with Crippen LogP contribution in [0.25, 0.3) is 10.9 Å². The molecule has 2 aliphatic rings. The van der Waals surface area contributed by atoms with Crippen LogP contribution in [0.15, 0.2) is 24.3 Å². The molecule has 0 N–H and O–H groups in total. The van der Waals surface area contributed by atoms with Gasteiger partial charge in [0.1, 0.15) is 5.82 Å². The van der Waals surface area contributed by atoms with Gasteiger partial charge in [0.2, 0.25) is 0 Å². The van der Waals surface area contributed by atoms with Crippen LogP contribution in [0.1, 0.15) is 48.0 Å². The van der Waals surface area contributed by atoms with Crippen LogP contribution >= 0.6 is 34.8 Å². The number of aromatic nitrogens is 1. The maximum absolute atomic E-state index is 12.9. The van der Waals surface area contributed by atoms with Gasteiger partial charge in [-0.15, -0.1) is 0 Å². The number of ether oxygens (including phenoxy) is 1. The molecule has 6 heteroatoms. The summed E-state index contributed by atoms with van der Waals surface area (Å²) in [5.41, 5.74) is 3.11. The smallest absolute Gasteiger partial charge is 0.165 e. The van der Waals surface area contributed by atoms with E-state index in [1.807, 2.05) is 40.8 Å². The summed E-state index contributed by atoms with van der Waals surface area (Å²) in [5.74, 6) is 1.52. The second kappa shape index (κ2) is 10.1. The number of nitrogens with zero attached hydrogens (tertiary/aromatic N) is 2. The first-order valence-corrected chi connectivity index (χ1v) is 11.5. The van der Waals surface area contributed by atoms with E-state index in [4.69, 9.17) is 9.72 Å². The lowest BCUT2D eigenvalue weighted by atomic mass is 9.82. The number of hydrogen-bond donors (Lipinski definition) is 0. The fourth-order valence-electron chi connectivity index (χ4n) is 4.29. The number of hydrogen-bond acceptors (Lipinski definition) is 5. The Labute approximate surface area is 186 Å². The molecule has 4 nitrogen and oxygen atoms in total. The number of fused-ring (bicyclic) bond motifs is 2. The van der Waals surface area contributed by atoms with Crippen molar-refractivity contribution in [1.82, 2.24) is 4.98 Å². The third-order valence-electron chi connectivity index (χ3n) is 5.83. The van der Waals surface area contributed by atoms with Crippen molar-refractivity contribution in [3.63, 3.8) is 0 Å². The van der Waals surface area contributed by atoms with E-state index < -0.39 is 0 Å². The minimum atomic E-state index is 0.139. The first-order valence-electron chi connectivity index (χ1n) is 9.83. The Hall–Kier alpha value is -1.12. The molecule has 0 saturated heterocycles. The van der Waals surface area contributed by atoms with Gasteiger partial charge in [0.15, 0.2) is 5.78 Å². The summed E-state index contributed by atoms with van der Waals surface area (Å²) in [5, 5.41) is 1.09. The molecule has 1 saturated carbocycles. The Morgan fingerprint density at radius 3 is 2.68 bits per heavy atom. The fourth-order valence-corrected chi connectivity index (χ4v) is 4.29. The number of carbonyl (C=O) groups is 1. The van der Waals surface area contributed by atoms with Gasteiger partial charge in [-0.3, -0.25) is 4.79 Å². The molecular weight excluding hydrogens is 483 g/mol. The normalized spacial score (nSPS) is 21.5. The lowest BCUT2D eigenvalue weighted by Gasteiger charge is -2.27. The van der Waals surface area contributed by atoms with Crippen LogP contribution in [-0.4, -0.2) is 40.9 Å². The van der Waals surface area contributed by atoms with Crippen LogP contribution in [0.4, 0.5) is 5.82 Å². The average molecular weight is 510 g/mol. The topological polar surface area (TPSA) is 42.4 Å². The Bertz CT molecular complexity index is 850. The number of carbonyl (C=O) groups excluding carboxylic acids is 1. The number of halogens is 1. The zero-order valence-electron chi connectivity index (χ0n) is 16.5. The second-order valence-electron chi connectivity index (χ2n) is 7.57. The van der Waals surface area contributed by atoms with Crippen LogP contribution in [0.5, 0.6) is 0 Å². The number of rotatable bonds is 3.